The Morgan fingerprint density at radius 1 is 1.06 bits per heavy atom. The molecule has 0 radical (unpaired) electrons. The van der Waals surface area contributed by atoms with E-state index in [1.807, 2.05) is 24.3 Å². The van der Waals surface area contributed by atoms with Crippen molar-refractivity contribution in [1.29, 1.82) is 0 Å². The molecule has 4 rings (SSSR count). The maximum atomic E-state index is 14.0. The van der Waals surface area contributed by atoms with Crippen molar-refractivity contribution in [3.63, 3.8) is 0 Å². The molecule has 32 heavy (non-hydrogen) atoms. The molecule has 0 unspecified atom stereocenters. The number of halogens is 2. The van der Waals surface area contributed by atoms with Gasteiger partial charge in [-0.15, -0.1) is 0 Å². The molecular formula is C24H26F2N4O2. The van der Waals surface area contributed by atoms with Crippen molar-refractivity contribution in [2.24, 2.45) is 5.92 Å². The summed E-state index contributed by atoms with van der Waals surface area (Å²) < 4.78 is 28.0. The van der Waals surface area contributed by atoms with Crippen LogP contribution in [0.2, 0.25) is 0 Å². The van der Waals surface area contributed by atoms with Crippen molar-refractivity contribution in [2.45, 2.75) is 38.6 Å². The fourth-order valence-electron chi connectivity index (χ4n) is 4.18. The number of nitrogens with zero attached hydrogens (tertiary/aromatic N) is 2. The average Bonchev–Trinajstić information content (AvgIpc) is 3.21. The Kier molecular flexibility index (Phi) is 6.21. The van der Waals surface area contributed by atoms with Crippen LogP contribution in [0.3, 0.4) is 0 Å². The van der Waals surface area contributed by atoms with Crippen LogP contribution < -0.4 is 5.32 Å². The molecule has 1 atom stereocenters. The highest BCUT2D eigenvalue weighted by Crippen LogP contribution is 2.28. The zero-order chi connectivity index (χ0) is 22.8. The van der Waals surface area contributed by atoms with Crippen molar-refractivity contribution >= 4 is 22.8 Å². The molecule has 1 aliphatic heterocycles. The molecule has 1 fully saturated rings. The second kappa shape index (κ2) is 9.06. The van der Waals surface area contributed by atoms with Crippen LogP contribution in [-0.4, -0.2) is 45.8 Å². The van der Waals surface area contributed by atoms with Gasteiger partial charge in [-0.2, -0.15) is 0 Å². The van der Waals surface area contributed by atoms with Crippen molar-refractivity contribution in [3.05, 3.63) is 65.5 Å². The number of hydrogen-bond acceptors (Lipinski definition) is 3. The summed E-state index contributed by atoms with van der Waals surface area (Å²) in [6.45, 7) is 4.63. The molecular weight excluding hydrogens is 414 g/mol. The Balaban J connectivity index is 1.42. The topological polar surface area (TPSA) is 78.1 Å². The van der Waals surface area contributed by atoms with Gasteiger partial charge >= 0.3 is 0 Å². The summed E-state index contributed by atoms with van der Waals surface area (Å²) in [5.74, 6) is -2.19. The number of likely N-dealkylation sites (tertiary alicyclic amines) is 1. The number of para-hydroxylation sites is 2. The minimum atomic E-state index is -0.955. The highest BCUT2D eigenvalue weighted by molar-refractivity contribution is 5.98. The Bertz CT molecular complexity index is 1080. The molecule has 0 aliphatic carbocycles. The number of H-pyrrole nitrogens is 1. The van der Waals surface area contributed by atoms with Crippen LogP contribution in [0.1, 0.15) is 48.8 Å². The van der Waals surface area contributed by atoms with Crippen LogP contribution in [0.15, 0.2) is 42.5 Å². The van der Waals surface area contributed by atoms with Crippen LogP contribution in [0.5, 0.6) is 0 Å². The van der Waals surface area contributed by atoms with Gasteiger partial charge in [-0.25, -0.2) is 13.8 Å². The number of piperidine rings is 1. The van der Waals surface area contributed by atoms with Crippen LogP contribution in [0.4, 0.5) is 8.78 Å². The third-order valence-electron chi connectivity index (χ3n) is 6.01. The Morgan fingerprint density at radius 3 is 2.34 bits per heavy atom. The zero-order valence-corrected chi connectivity index (χ0v) is 18.1. The standard InChI is InChI=1S/C24H26F2N4O2/c1-14(2)21(29-23(31)20-16(25)6-5-7-17(20)26)24(32)30-12-10-15(11-13-30)22-27-18-8-3-4-9-19(18)28-22/h3-9,14-15,21H,10-13H2,1-2H3,(H,27,28)(H,29,31)/t21-/m0/s1. The highest BCUT2D eigenvalue weighted by Gasteiger charge is 2.33. The monoisotopic (exact) mass is 440 g/mol. The molecule has 0 saturated carbocycles. The second-order valence-corrected chi connectivity index (χ2v) is 8.53. The maximum Gasteiger partial charge on any atom is 0.257 e. The van der Waals surface area contributed by atoms with Gasteiger partial charge in [0.1, 0.15) is 29.1 Å². The molecule has 2 heterocycles. The fraction of sp³-hybridized carbons (Fsp3) is 0.375. The molecule has 2 amide bonds. The fourth-order valence-corrected chi connectivity index (χ4v) is 4.18. The van der Waals surface area contributed by atoms with Gasteiger partial charge in [0.05, 0.1) is 11.0 Å². The van der Waals surface area contributed by atoms with E-state index in [2.05, 4.69) is 15.3 Å². The van der Waals surface area contributed by atoms with Gasteiger partial charge in [-0.05, 0) is 43.0 Å². The molecule has 8 heteroatoms. The molecule has 2 N–H and O–H groups in total. The van der Waals surface area contributed by atoms with Crippen LogP contribution in [0, 0.1) is 17.6 Å². The molecule has 168 valence electrons. The van der Waals surface area contributed by atoms with Gasteiger partial charge in [0.2, 0.25) is 5.91 Å². The van der Waals surface area contributed by atoms with E-state index >= 15 is 0 Å². The molecule has 0 spiro atoms. The molecule has 0 bridgehead atoms. The van der Waals surface area contributed by atoms with E-state index in [1.165, 1.54) is 6.07 Å². The third kappa shape index (κ3) is 4.35. The van der Waals surface area contributed by atoms with Gasteiger partial charge in [-0.1, -0.05) is 32.0 Å². The molecule has 6 nitrogen and oxygen atoms in total. The van der Waals surface area contributed by atoms with Crippen molar-refractivity contribution in [3.8, 4) is 0 Å². The quantitative estimate of drug-likeness (QED) is 0.630. The first-order chi connectivity index (χ1) is 15.3. The van der Waals surface area contributed by atoms with E-state index in [-0.39, 0.29) is 17.7 Å². The van der Waals surface area contributed by atoms with E-state index in [0.29, 0.717) is 13.1 Å². The number of nitrogens with one attached hydrogen (secondary N) is 2. The number of carbonyl (C=O) groups is 2. The summed E-state index contributed by atoms with van der Waals surface area (Å²) in [5, 5.41) is 2.54. The van der Waals surface area contributed by atoms with Gasteiger partial charge < -0.3 is 15.2 Å². The lowest BCUT2D eigenvalue weighted by Crippen LogP contribution is -2.53. The Morgan fingerprint density at radius 2 is 1.72 bits per heavy atom. The molecule has 1 aromatic heterocycles. The number of fused-ring (bicyclic) bond motifs is 1. The number of carbonyl (C=O) groups excluding carboxylic acids is 2. The van der Waals surface area contributed by atoms with E-state index in [9.17, 15) is 18.4 Å². The van der Waals surface area contributed by atoms with Crippen LogP contribution in [0.25, 0.3) is 11.0 Å². The minimum Gasteiger partial charge on any atom is -0.342 e. The molecule has 3 aromatic rings. The summed E-state index contributed by atoms with van der Waals surface area (Å²) in [6.07, 6.45) is 1.48. The van der Waals surface area contributed by atoms with Crippen molar-refractivity contribution in [1.82, 2.24) is 20.2 Å². The maximum absolute atomic E-state index is 14.0. The van der Waals surface area contributed by atoms with Gasteiger partial charge in [0, 0.05) is 19.0 Å². The summed E-state index contributed by atoms with van der Waals surface area (Å²) in [7, 11) is 0. The minimum absolute atomic E-state index is 0.214. The van der Waals surface area contributed by atoms with Crippen LogP contribution in [-0.2, 0) is 4.79 Å². The number of hydrogen-bond donors (Lipinski definition) is 2. The first kappa shape index (κ1) is 21.9. The van der Waals surface area contributed by atoms with E-state index in [4.69, 9.17) is 0 Å². The number of imidazole rings is 1. The summed E-state index contributed by atoms with van der Waals surface area (Å²) >= 11 is 0. The van der Waals surface area contributed by atoms with E-state index < -0.39 is 29.1 Å². The first-order valence-electron chi connectivity index (χ1n) is 10.8. The summed E-state index contributed by atoms with van der Waals surface area (Å²) in [6, 6.07) is 10.2. The lowest BCUT2D eigenvalue weighted by atomic mass is 9.94. The smallest absolute Gasteiger partial charge is 0.257 e. The number of amides is 2. The highest BCUT2D eigenvalue weighted by atomic mass is 19.1. The lowest BCUT2D eigenvalue weighted by molar-refractivity contribution is -0.135. The average molecular weight is 440 g/mol. The largest absolute Gasteiger partial charge is 0.342 e. The SMILES string of the molecule is CC(C)[C@H](NC(=O)c1c(F)cccc1F)C(=O)N1CCC(c2nc3ccccc3[nH]2)CC1. The second-order valence-electron chi connectivity index (χ2n) is 8.53. The molecule has 1 saturated heterocycles. The van der Waals surface area contributed by atoms with Gasteiger partial charge in [-0.3, -0.25) is 9.59 Å². The normalized spacial score (nSPS) is 15.8. The number of aromatic nitrogens is 2. The Hall–Kier alpha value is -3.29. The predicted molar refractivity (Wildman–Crippen MR) is 117 cm³/mol. The number of benzene rings is 2. The van der Waals surface area contributed by atoms with E-state index in [0.717, 1.165) is 41.8 Å². The van der Waals surface area contributed by atoms with Gasteiger partial charge in [0.25, 0.3) is 5.91 Å². The van der Waals surface area contributed by atoms with Crippen molar-refractivity contribution in [2.75, 3.05) is 13.1 Å². The van der Waals surface area contributed by atoms with E-state index in [1.54, 1.807) is 18.7 Å². The van der Waals surface area contributed by atoms with Crippen molar-refractivity contribution < 1.29 is 18.4 Å². The molecule has 2 aromatic carbocycles. The Labute approximate surface area is 185 Å². The first-order valence-corrected chi connectivity index (χ1v) is 10.8. The van der Waals surface area contributed by atoms with Crippen LogP contribution >= 0.6 is 0 Å². The number of rotatable bonds is 5. The van der Waals surface area contributed by atoms with Gasteiger partial charge in [0.15, 0.2) is 0 Å². The predicted octanol–water partition coefficient (Wildman–Crippen LogP) is 4.00. The lowest BCUT2D eigenvalue weighted by Gasteiger charge is -2.35. The number of aromatic amines is 1. The zero-order valence-electron chi connectivity index (χ0n) is 18.1. The summed E-state index contributed by atoms with van der Waals surface area (Å²) in [4.78, 5) is 35.4. The summed E-state index contributed by atoms with van der Waals surface area (Å²) in [5.41, 5.74) is 1.24. The molecule has 1 aliphatic rings. The third-order valence-corrected chi connectivity index (χ3v) is 6.01.